The predicted octanol–water partition coefficient (Wildman–Crippen LogP) is 2.09. The lowest BCUT2D eigenvalue weighted by atomic mass is 10.1. The normalized spacial score (nSPS) is 17.7. The molecule has 1 aliphatic carbocycles. The van der Waals surface area contributed by atoms with Crippen LogP contribution in [0.4, 0.5) is 5.69 Å². The summed E-state index contributed by atoms with van der Waals surface area (Å²) < 4.78 is 4.86. The summed E-state index contributed by atoms with van der Waals surface area (Å²) in [6, 6.07) is 5.93. The van der Waals surface area contributed by atoms with Crippen LogP contribution in [0.25, 0.3) is 0 Å². The number of aryl methyl sites for hydroxylation is 2. The number of carbonyl (C=O) groups is 3. The molecule has 1 saturated heterocycles. The molecule has 0 atom stereocenters. The number of fused-ring (bicyclic) bond motifs is 1. The monoisotopic (exact) mass is 360 g/mol. The molecule has 0 radical (unpaired) electrons. The first kappa shape index (κ1) is 17.5. The molecule has 0 saturated carbocycles. The summed E-state index contributed by atoms with van der Waals surface area (Å²) in [5, 5.41) is 3.28. The molecule has 6 nitrogen and oxygen atoms in total. The van der Waals surface area contributed by atoms with Crippen LogP contribution in [0.5, 0.6) is 0 Å². The van der Waals surface area contributed by atoms with Gasteiger partial charge in [-0.05, 0) is 49.4 Å². The van der Waals surface area contributed by atoms with E-state index in [1.165, 1.54) is 33.9 Å². The average Bonchev–Trinajstić information content (AvgIpc) is 3.16. The summed E-state index contributed by atoms with van der Waals surface area (Å²) in [6.45, 7) is 1.86. The standard InChI is InChI=1S/C18H20N2O4S/c1-2-24-18(23)9-17-20(16(22)11-25-17)10-15(21)19-14-7-6-12-4-3-5-13(12)8-14/h6-9H,2-5,10-11H2,1H3,(H,19,21)/b17-9+. The van der Waals surface area contributed by atoms with Gasteiger partial charge in [0.15, 0.2) is 0 Å². The zero-order valence-corrected chi connectivity index (χ0v) is 14.9. The molecule has 1 heterocycles. The first-order valence-corrected chi connectivity index (χ1v) is 9.28. The number of hydrogen-bond donors (Lipinski definition) is 1. The average molecular weight is 360 g/mol. The molecule has 0 spiro atoms. The molecular formula is C18H20N2O4S. The van der Waals surface area contributed by atoms with E-state index < -0.39 is 5.97 Å². The quantitative estimate of drug-likeness (QED) is 0.643. The van der Waals surface area contributed by atoms with Crippen LogP contribution in [0.3, 0.4) is 0 Å². The van der Waals surface area contributed by atoms with Crippen LogP contribution in [0.1, 0.15) is 24.5 Å². The molecule has 7 heteroatoms. The lowest BCUT2D eigenvalue weighted by Gasteiger charge is -2.16. The van der Waals surface area contributed by atoms with Crippen molar-refractivity contribution < 1.29 is 19.1 Å². The Morgan fingerprint density at radius 1 is 1.32 bits per heavy atom. The maximum Gasteiger partial charge on any atom is 0.333 e. The van der Waals surface area contributed by atoms with Gasteiger partial charge < -0.3 is 10.1 Å². The van der Waals surface area contributed by atoms with Crippen LogP contribution in [0, 0.1) is 0 Å². The number of carbonyl (C=O) groups excluding carboxylic acids is 3. The number of nitrogens with zero attached hydrogens (tertiary/aromatic N) is 1. The number of anilines is 1. The molecule has 2 aliphatic rings. The summed E-state index contributed by atoms with van der Waals surface area (Å²) in [4.78, 5) is 37.2. The largest absolute Gasteiger partial charge is 0.463 e. The Balaban J connectivity index is 1.64. The van der Waals surface area contributed by atoms with E-state index in [-0.39, 0.29) is 30.7 Å². The van der Waals surface area contributed by atoms with E-state index in [0.29, 0.717) is 5.03 Å². The topological polar surface area (TPSA) is 75.7 Å². The van der Waals surface area contributed by atoms with Gasteiger partial charge in [0, 0.05) is 5.69 Å². The molecule has 1 aliphatic heterocycles. The second-order valence-corrected chi connectivity index (χ2v) is 6.88. The van der Waals surface area contributed by atoms with Crippen molar-refractivity contribution >= 4 is 35.2 Å². The van der Waals surface area contributed by atoms with Gasteiger partial charge >= 0.3 is 5.97 Å². The Morgan fingerprint density at radius 3 is 2.92 bits per heavy atom. The Labute approximate surface area is 150 Å². The molecule has 25 heavy (non-hydrogen) atoms. The highest BCUT2D eigenvalue weighted by Gasteiger charge is 2.29. The lowest BCUT2D eigenvalue weighted by molar-refractivity contribution is -0.137. The molecular weight excluding hydrogens is 340 g/mol. The highest BCUT2D eigenvalue weighted by molar-refractivity contribution is 8.04. The molecule has 3 rings (SSSR count). The van der Waals surface area contributed by atoms with Gasteiger partial charge in [0.25, 0.3) is 0 Å². The summed E-state index contributed by atoms with van der Waals surface area (Å²) in [6.07, 6.45) is 4.54. The summed E-state index contributed by atoms with van der Waals surface area (Å²) in [5.41, 5.74) is 3.35. The zero-order valence-electron chi connectivity index (χ0n) is 14.0. The van der Waals surface area contributed by atoms with Gasteiger partial charge in [-0.25, -0.2) is 4.79 Å². The van der Waals surface area contributed by atoms with Crippen LogP contribution in [0.15, 0.2) is 29.3 Å². The zero-order chi connectivity index (χ0) is 17.8. The molecule has 1 N–H and O–H groups in total. The van der Waals surface area contributed by atoms with Gasteiger partial charge in [0.1, 0.15) is 6.54 Å². The second-order valence-electron chi connectivity index (χ2n) is 5.89. The number of hydrogen-bond acceptors (Lipinski definition) is 5. The van der Waals surface area contributed by atoms with Crippen molar-refractivity contribution in [2.45, 2.75) is 26.2 Å². The minimum absolute atomic E-state index is 0.117. The third-order valence-corrected chi connectivity index (χ3v) is 5.15. The van der Waals surface area contributed by atoms with Crippen LogP contribution in [0.2, 0.25) is 0 Å². The fourth-order valence-electron chi connectivity index (χ4n) is 2.98. The second kappa shape index (κ2) is 7.74. The van der Waals surface area contributed by atoms with Crippen molar-refractivity contribution in [3.05, 3.63) is 40.4 Å². The van der Waals surface area contributed by atoms with Gasteiger partial charge in [-0.3, -0.25) is 14.5 Å². The van der Waals surface area contributed by atoms with Crippen LogP contribution in [-0.4, -0.2) is 41.6 Å². The maximum absolute atomic E-state index is 12.3. The van der Waals surface area contributed by atoms with Crippen LogP contribution in [-0.2, 0) is 32.0 Å². The minimum Gasteiger partial charge on any atom is -0.463 e. The maximum atomic E-state index is 12.3. The molecule has 0 unspecified atom stereocenters. The number of benzene rings is 1. The van der Waals surface area contributed by atoms with Crippen molar-refractivity contribution in [1.82, 2.24) is 4.90 Å². The Morgan fingerprint density at radius 2 is 2.12 bits per heavy atom. The van der Waals surface area contributed by atoms with Crippen molar-refractivity contribution in [3.8, 4) is 0 Å². The predicted molar refractivity (Wildman–Crippen MR) is 96.0 cm³/mol. The number of esters is 1. The molecule has 0 aromatic heterocycles. The number of ether oxygens (including phenoxy) is 1. The van der Waals surface area contributed by atoms with E-state index >= 15 is 0 Å². The third-order valence-electron chi connectivity index (χ3n) is 4.12. The lowest BCUT2D eigenvalue weighted by Crippen LogP contribution is -2.34. The van der Waals surface area contributed by atoms with E-state index in [4.69, 9.17) is 4.74 Å². The summed E-state index contributed by atoms with van der Waals surface area (Å²) in [7, 11) is 0. The molecule has 132 valence electrons. The van der Waals surface area contributed by atoms with Gasteiger partial charge in [-0.15, -0.1) is 0 Å². The van der Waals surface area contributed by atoms with Crippen LogP contribution >= 0.6 is 11.8 Å². The summed E-state index contributed by atoms with van der Waals surface area (Å²) >= 11 is 1.23. The Hall–Kier alpha value is -2.28. The number of nitrogens with one attached hydrogen (secondary N) is 1. The van der Waals surface area contributed by atoms with Crippen molar-refractivity contribution in [2.24, 2.45) is 0 Å². The van der Waals surface area contributed by atoms with Crippen molar-refractivity contribution in [2.75, 3.05) is 24.2 Å². The summed E-state index contributed by atoms with van der Waals surface area (Å²) in [5.74, 6) is -0.769. The van der Waals surface area contributed by atoms with Crippen molar-refractivity contribution in [3.63, 3.8) is 0 Å². The van der Waals surface area contributed by atoms with Crippen LogP contribution < -0.4 is 5.32 Å². The SMILES string of the molecule is CCOC(=O)/C=C1/SCC(=O)N1CC(=O)Nc1ccc2c(c1)CCC2. The number of amides is 2. The Kier molecular flexibility index (Phi) is 5.43. The van der Waals surface area contributed by atoms with E-state index in [0.717, 1.165) is 24.9 Å². The molecule has 1 aromatic rings. The smallest absolute Gasteiger partial charge is 0.333 e. The molecule has 1 fully saturated rings. The van der Waals surface area contributed by atoms with Gasteiger partial charge in [-0.1, -0.05) is 17.8 Å². The van der Waals surface area contributed by atoms with E-state index in [9.17, 15) is 14.4 Å². The molecule has 0 bridgehead atoms. The third kappa shape index (κ3) is 4.22. The fourth-order valence-corrected chi connectivity index (χ4v) is 3.91. The molecule has 2 amide bonds. The Bertz CT molecular complexity index is 745. The van der Waals surface area contributed by atoms with Gasteiger partial charge in [-0.2, -0.15) is 0 Å². The van der Waals surface area contributed by atoms with Crippen molar-refractivity contribution in [1.29, 1.82) is 0 Å². The van der Waals surface area contributed by atoms with E-state index in [1.807, 2.05) is 18.2 Å². The fraction of sp³-hybridized carbons (Fsp3) is 0.389. The first-order chi connectivity index (χ1) is 12.1. The molecule has 1 aromatic carbocycles. The first-order valence-electron chi connectivity index (χ1n) is 8.30. The number of thioether (sulfide) groups is 1. The van der Waals surface area contributed by atoms with E-state index in [2.05, 4.69) is 5.32 Å². The van der Waals surface area contributed by atoms with Gasteiger partial charge in [0.2, 0.25) is 11.8 Å². The minimum atomic E-state index is -0.510. The highest BCUT2D eigenvalue weighted by atomic mass is 32.2. The van der Waals surface area contributed by atoms with E-state index in [1.54, 1.807) is 6.92 Å². The number of rotatable bonds is 5. The van der Waals surface area contributed by atoms with Gasteiger partial charge in [0.05, 0.1) is 23.5 Å². The highest BCUT2D eigenvalue weighted by Crippen LogP contribution is 2.29.